The van der Waals surface area contributed by atoms with Crippen LogP contribution in [0.15, 0.2) is 103 Å². The van der Waals surface area contributed by atoms with Crippen molar-refractivity contribution in [1.82, 2.24) is 0 Å². The Morgan fingerprint density at radius 1 is 0.730 bits per heavy atom. The van der Waals surface area contributed by atoms with Crippen LogP contribution in [0.5, 0.6) is 17.2 Å². The Hall–Kier alpha value is -3.45. The SMILES string of the molecule is CC(C)(C)[Si](OCc1cc2cc(c1OCc1ccccc1)OC(=S)O2)(c1ccccc1)c1ccccc1. The van der Waals surface area contributed by atoms with E-state index in [1.807, 2.05) is 54.6 Å². The first-order chi connectivity index (χ1) is 17.9. The number of hydrogen-bond donors (Lipinski definition) is 0. The molecule has 1 aliphatic rings. The molecule has 0 aromatic heterocycles. The van der Waals surface area contributed by atoms with E-state index in [1.165, 1.54) is 10.4 Å². The van der Waals surface area contributed by atoms with Gasteiger partial charge in [-0.2, -0.15) is 0 Å². The summed E-state index contributed by atoms with van der Waals surface area (Å²) in [5.74, 6) is 1.79. The van der Waals surface area contributed by atoms with Crippen LogP contribution in [0.4, 0.5) is 0 Å². The number of benzene rings is 4. The molecule has 1 heterocycles. The molecule has 0 radical (unpaired) electrons. The number of ether oxygens (including phenoxy) is 3. The van der Waals surface area contributed by atoms with Gasteiger partial charge in [0.25, 0.3) is 8.32 Å². The summed E-state index contributed by atoms with van der Waals surface area (Å²) in [5, 5.41) is 2.36. The fourth-order valence-corrected chi connectivity index (χ4v) is 9.64. The maximum Gasteiger partial charge on any atom is 0.363 e. The summed E-state index contributed by atoms with van der Waals surface area (Å²) in [5.41, 5.74) is 1.92. The van der Waals surface area contributed by atoms with Crippen molar-refractivity contribution in [1.29, 1.82) is 0 Å². The van der Waals surface area contributed by atoms with E-state index in [-0.39, 0.29) is 10.3 Å². The first kappa shape index (κ1) is 25.2. The zero-order valence-corrected chi connectivity index (χ0v) is 23.1. The Morgan fingerprint density at radius 3 is 1.86 bits per heavy atom. The van der Waals surface area contributed by atoms with Crippen molar-refractivity contribution in [2.24, 2.45) is 0 Å². The highest BCUT2D eigenvalue weighted by Crippen LogP contribution is 2.42. The van der Waals surface area contributed by atoms with E-state index in [2.05, 4.69) is 69.3 Å². The quantitative estimate of drug-likeness (QED) is 0.196. The van der Waals surface area contributed by atoms with E-state index >= 15 is 0 Å². The summed E-state index contributed by atoms with van der Waals surface area (Å²) in [6.07, 6.45) is 0. The van der Waals surface area contributed by atoms with Gasteiger partial charge < -0.3 is 18.6 Å². The third-order valence-corrected chi connectivity index (χ3v) is 11.7. The monoisotopic (exact) mass is 526 g/mol. The fourth-order valence-electron chi connectivity index (χ4n) is 4.92. The Morgan fingerprint density at radius 2 is 1.30 bits per heavy atom. The summed E-state index contributed by atoms with van der Waals surface area (Å²) >= 11 is 5.20. The molecule has 0 atom stereocenters. The molecule has 5 rings (SSSR count). The van der Waals surface area contributed by atoms with Crippen molar-refractivity contribution in [2.75, 3.05) is 0 Å². The Kier molecular flexibility index (Phi) is 7.15. The average Bonchev–Trinajstić information content (AvgIpc) is 2.89. The van der Waals surface area contributed by atoms with Gasteiger partial charge in [0, 0.05) is 23.8 Å². The minimum Gasteiger partial charge on any atom is -0.485 e. The normalized spacial score (nSPS) is 13.0. The van der Waals surface area contributed by atoms with Crippen molar-refractivity contribution in [3.63, 3.8) is 0 Å². The van der Waals surface area contributed by atoms with E-state index < -0.39 is 8.32 Å². The molecule has 4 aromatic rings. The van der Waals surface area contributed by atoms with Crippen molar-refractivity contribution >= 4 is 36.1 Å². The molecule has 0 N–H and O–H groups in total. The Balaban J connectivity index is 1.56. The third-order valence-electron chi connectivity index (χ3n) is 6.59. The Labute approximate surface area is 224 Å². The summed E-state index contributed by atoms with van der Waals surface area (Å²) in [4.78, 5) is 0. The summed E-state index contributed by atoms with van der Waals surface area (Å²) < 4.78 is 24.9. The van der Waals surface area contributed by atoms with Crippen molar-refractivity contribution in [2.45, 2.75) is 39.0 Å². The predicted molar refractivity (Wildman–Crippen MR) is 153 cm³/mol. The lowest BCUT2D eigenvalue weighted by Crippen LogP contribution is -2.66. The van der Waals surface area contributed by atoms with Crippen molar-refractivity contribution in [3.8, 4) is 17.2 Å². The molecule has 6 heteroatoms. The molecule has 37 heavy (non-hydrogen) atoms. The van der Waals surface area contributed by atoms with Gasteiger partial charge in [0.05, 0.1) is 6.61 Å². The summed E-state index contributed by atoms with van der Waals surface area (Å²) in [6, 6.07) is 35.0. The zero-order chi connectivity index (χ0) is 25.9. The third kappa shape index (κ3) is 5.18. The molecule has 2 bridgehead atoms. The largest absolute Gasteiger partial charge is 0.485 e. The van der Waals surface area contributed by atoms with Gasteiger partial charge in [0.2, 0.25) is 0 Å². The lowest BCUT2D eigenvalue weighted by atomic mass is 10.1. The summed E-state index contributed by atoms with van der Waals surface area (Å²) in [7, 11) is -2.75. The minimum absolute atomic E-state index is 0.0662. The van der Waals surface area contributed by atoms with Crippen LogP contribution >= 0.6 is 12.2 Å². The van der Waals surface area contributed by atoms with Gasteiger partial charge in [-0.3, -0.25) is 0 Å². The number of fused-ring (bicyclic) bond motifs is 2. The maximum atomic E-state index is 7.17. The van der Waals surface area contributed by atoms with Crippen LogP contribution in [0, 0.1) is 0 Å². The van der Waals surface area contributed by atoms with Gasteiger partial charge in [-0.1, -0.05) is 112 Å². The lowest BCUT2D eigenvalue weighted by Gasteiger charge is -2.43. The first-order valence-electron chi connectivity index (χ1n) is 12.4. The van der Waals surface area contributed by atoms with Gasteiger partial charge in [-0.05, 0) is 27.0 Å². The van der Waals surface area contributed by atoms with E-state index in [0.717, 1.165) is 11.1 Å². The molecule has 4 nitrogen and oxygen atoms in total. The molecule has 0 aliphatic carbocycles. The van der Waals surface area contributed by atoms with Crippen LogP contribution in [0.1, 0.15) is 31.9 Å². The molecule has 188 valence electrons. The van der Waals surface area contributed by atoms with Crippen LogP contribution in [0.3, 0.4) is 0 Å². The smallest absolute Gasteiger partial charge is 0.363 e. The van der Waals surface area contributed by atoms with E-state index in [1.54, 1.807) is 0 Å². The maximum absolute atomic E-state index is 7.17. The van der Waals surface area contributed by atoms with Crippen LogP contribution in [0.2, 0.25) is 5.04 Å². The second kappa shape index (κ2) is 10.5. The molecule has 0 amide bonds. The van der Waals surface area contributed by atoms with E-state index in [0.29, 0.717) is 30.5 Å². The molecule has 0 spiro atoms. The van der Waals surface area contributed by atoms with Crippen LogP contribution < -0.4 is 24.6 Å². The second-order valence-corrected chi connectivity index (χ2v) is 14.7. The number of thiocarbonyl (C=S) groups is 1. The predicted octanol–water partition coefficient (Wildman–Crippen LogP) is 6.40. The molecule has 0 saturated heterocycles. The first-order valence-corrected chi connectivity index (χ1v) is 14.7. The average molecular weight is 527 g/mol. The molecule has 0 unspecified atom stereocenters. The topological polar surface area (TPSA) is 36.9 Å². The van der Waals surface area contributed by atoms with Crippen molar-refractivity contribution < 1.29 is 18.6 Å². The number of rotatable bonds is 8. The standard InChI is InChI=1S/C31H30O4SSi/c1-31(2,3)37(26-15-9-5-10-16-26,27-17-11-6-12-18-27)33-22-24-19-25-20-28(35-30(36)34-25)29(24)32-21-23-13-7-4-8-14-23/h4-20H,21-22H2,1-3H3. The van der Waals surface area contributed by atoms with Crippen LogP contribution in [-0.4, -0.2) is 13.6 Å². The molecule has 0 fully saturated rings. The van der Waals surface area contributed by atoms with Gasteiger partial charge >= 0.3 is 5.24 Å². The van der Waals surface area contributed by atoms with Crippen molar-refractivity contribution in [3.05, 3.63) is 114 Å². The second-order valence-electron chi connectivity index (χ2n) is 10.1. The highest BCUT2D eigenvalue weighted by atomic mass is 32.1. The molecule has 0 saturated carbocycles. The number of hydrogen-bond acceptors (Lipinski definition) is 5. The van der Waals surface area contributed by atoms with Gasteiger partial charge in [0.1, 0.15) is 12.4 Å². The van der Waals surface area contributed by atoms with E-state index in [4.69, 9.17) is 30.9 Å². The summed E-state index contributed by atoms with van der Waals surface area (Å²) in [6.45, 7) is 7.53. The fraction of sp³-hybridized carbons (Fsp3) is 0.194. The van der Waals surface area contributed by atoms with Crippen LogP contribution in [0.25, 0.3) is 0 Å². The molecule has 1 aliphatic heterocycles. The lowest BCUT2D eigenvalue weighted by molar-refractivity contribution is 0.252. The minimum atomic E-state index is -2.75. The van der Waals surface area contributed by atoms with E-state index in [9.17, 15) is 0 Å². The highest BCUT2D eigenvalue weighted by molar-refractivity contribution is 7.79. The van der Waals surface area contributed by atoms with Gasteiger partial charge in [-0.15, -0.1) is 0 Å². The van der Waals surface area contributed by atoms with Crippen LogP contribution in [-0.2, 0) is 17.6 Å². The van der Waals surface area contributed by atoms with Gasteiger partial charge in [0.15, 0.2) is 11.5 Å². The molecule has 4 aromatic carbocycles. The molecular weight excluding hydrogens is 496 g/mol. The Bertz CT molecular complexity index is 1330. The highest BCUT2D eigenvalue weighted by Gasteiger charge is 2.50. The zero-order valence-electron chi connectivity index (χ0n) is 21.3. The van der Waals surface area contributed by atoms with Gasteiger partial charge in [-0.25, -0.2) is 0 Å². The molecular formula is C31H30O4SSi.